The first-order valence-corrected chi connectivity index (χ1v) is 13.8. The van der Waals surface area contributed by atoms with Gasteiger partial charge in [-0.1, -0.05) is 90.4 Å². The normalized spacial score (nSPS) is 11.1. The minimum atomic E-state index is -0.0890. The Hall–Kier alpha value is -3.81. The maximum Gasteiger partial charge on any atom is 0.305 e. The van der Waals surface area contributed by atoms with E-state index in [1.807, 2.05) is 58.2 Å². The van der Waals surface area contributed by atoms with Gasteiger partial charge in [0, 0.05) is 18.8 Å². The maximum absolute atomic E-state index is 12.0. The molecular formula is C30H38N6O2. The number of unbranched alkanes of at least 4 members (excludes halogenated alkanes) is 5. The molecular weight excluding hydrogens is 476 g/mol. The van der Waals surface area contributed by atoms with E-state index in [0.717, 1.165) is 82.3 Å². The Morgan fingerprint density at radius 1 is 0.632 bits per heavy atom. The smallest absolute Gasteiger partial charge is 0.305 e. The summed E-state index contributed by atoms with van der Waals surface area (Å²) in [5.41, 5.74) is 4.46. The van der Waals surface area contributed by atoms with Crippen molar-refractivity contribution in [2.45, 2.75) is 77.3 Å². The van der Waals surface area contributed by atoms with Gasteiger partial charge in [0.05, 0.1) is 31.1 Å². The van der Waals surface area contributed by atoms with Gasteiger partial charge < -0.3 is 4.74 Å². The number of ether oxygens (including phenoxy) is 1. The number of aryl methyl sites for hydroxylation is 2. The molecule has 0 bridgehead atoms. The molecule has 0 spiro atoms. The predicted molar refractivity (Wildman–Crippen MR) is 146 cm³/mol. The topological polar surface area (TPSA) is 87.7 Å². The van der Waals surface area contributed by atoms with Crippen molar-refractivity contribution in [3.8, 4) is 0 Å². The van der Waals surface area contributed by atoms with Crippen LogP contribution in [0.5, 0.6) is 0 Å². The lowest BCUT2D eigenvalue weighted by atomic mass is 10.1. The summed E-state index contributed by atoms with van der Waals surface area (Å²) >= 11 is 0. The van der Waals surface area contributed by atoms with Gasteiger partial charge in [0.1, 0.15) is 0 Å². The van der Waals surface area contributed by atoms with Crippen LogP contribution in [-0.4, -0.2) is 42.6 Å². The molecule has 0 saturated heterocycles. The lowest BCUT2D eigenvalue weighted by Gasteiger charge is -2.05. The molecule has 8 heteroatoms. The van der Waals surface area contributed by atoms with E-state index in [4.69, 9.17) is 4.74 Å². The van der Waals surface area contributed by atoms with Gasteiger partial charge in [-0.15, -0.1) is 10.2 Å². The SMILES string of the molecule is O=C(CCCCCc1cn(Cc2ccccc2)nn1)OCCCCCCc1cn(Cc2ccccc2)nn1. The average Bonchev–Trinajstić information content (AvgIpc) is 3.58. The molecule has 0 amide bonds. The summed E-state index contributed by atoms with van der Waals surface area (Å²) in [6.07, 6.45) is 13.3. The van der Waals surface area contributed by atoms with Crippen LogP contribution in [0.25, 0.3) is 0 Å². The molecule has 0 aliphatic heterocycles. The van der Waals surface area contributed by atoms with Crippen LogP contribution in [0.15, 0.2) is 73.1 Å². The minimum absolute atomic E-state index is 0.0890. The van der Waals surface area contributed by atoms with Crippen LogP contribution >= 0.6 is 0 Å². The molecule has 8 nitrogen and oxygen atoms in total. The van der Waals surface area contributed by atoms with Gasteiger partial charge in [-0.05, 0) is 49.7 Å². The van der Waals surface area contributed by atoms with E-state index in [9.17, 15) is 4.79 Å². The summed E-state index contributed by atoms with van der Waals surface area (Å²) in [5.74, 6) is -0.0890. The van der Waals surface area contributed by atoms with Crippen molar-refractivity contribution >= 4 is 5.97 Å². The Bertz CT molecular complexity index is 1210. The highest BCUT2D eigenvalue weighted by molar-refractivity contribution is 5.69. The zero-order chi connectivity index (χ0) is 26.3. The Morgan fingerprint density at radius 3 is 1.68 bits per heavy atom. The molecule has 2 aromatic heterocycles. The fourth-order valence-corrected chi connectivity index (χ4v) is 4.37. The molecule has 0 saturated carbocycles. The van der Waals surface area contributed by atoms with Crippen LogP contribution in [-0.2, 0) is 35.5 Å². The third-order valence-corrected chi connectivity index (χ3v) is 6.45. The molecule has 0 radical (unpaired) electrons. The van der Waals surface area contributed by atoms with E-state index in [0.29, 0.717) is 13.0 Å². The van der Waals surface area contributed by atoms with Gasteiger partial charge >= 0.3 is 5.97 Å². The van der Waals surface area contributed by atoms with Crippen molar-refractivity contribution in [1.29, 1.82) is 0 Å². The van der Waals surface area contributed by atoms with Crippen LogP contribution in [0, 0.1) is 0 Å². The van der Waals surface area contributed by atoms with Crippen molar-refractivity contribution < 1.29 is 9.53 Å². The number of benzene rings is 2. The molecule has 200 valence electrons. The second-order valence-corrected chi connectivity index (χ2v) is 9.73. The predicted octanol–water partition coefficient (Wildman–Crippen LogP) is 5.42. The molecule has 0 fully saturated rings. The highest BCUT2D eigenvalue weighted by Crippen LogP contribution is 2.10. The van der Waals surface area contributed by atoms with Crippen LogP contribution in [0.4, 0.5) is 0 Å². The molecule has 2 heterocycles. The van der Waals surface area contributed by atoms with E-state index in [1.54, 1.807) is 0 Å². The number of nitrogens with zero attached hydrogens (tertiary/aromatic N) is 6. The summed E-state index contributed by atoms with van der Waals surface area (Å²) in [7, 11) is 0. The van der Waals surface area contributed by atoms with Gasteiger partial charge in [0.2, 0.25) is 0 Å². The Morgan fingerprint density at radius 2 is 1.13 bits per heavy atom. The lowest BCUT2D eigenvalue weighted by molar-refractivity contribution is -0.143. The first-order valence-electron chi connectivity index (χ1n) is 13.8. The van der Waals surface area contributed by atoms with Gasteiger partial charge in [-0.25, -0.2) is 9.36 Å². The van der Waals surface area contributed by atoms with Crippen LogP contribution < -0.4 is 0 Å². The van der Waals surface area contributed by atoms with Gasteiger partial charge in [0.25, 0.3) is 0 Å². The zero-order valence-corrected chi connectivity index (χ0v) is 22.1. The van der Waals surface area contributed by atoms with E-state index in [-0.39, 0.29) is 5.97 Å². The lowest BCUT2D eigenvalue weighted by Crippen LogP contribution is -2.05. The number of aromatic nitrogens is 6. The average molecular weight is 515 g/mol. The third kappa shape index (κ3) is 9.92. The van der Waals surface area contributed by atoms with Crippen molar-refractivity contribution in [3.05, 3.63) is 95.6 Å². The van der Waals surface area contributed by atoms with E-state index in [1.165, 1.54) is 11.1 Å². The van der Waals surface area contributed by atoms with E-state index in [2.05, 4.69) is 44.9 Å². The van der Waals surface area contributed by atoms with Crippen molar-refractivity contribution in [2.75, 3.05) is 6.61 Å². The van der Waals surface area contributed by atoms with Gasteiger partial charge in [0.15, 0.2) is 0 Å². The molecule has 0 atom stereocenters. The first-order chi connectivity index (χ1) is 18.7. The maximum atomic E-state index is 12.0. The van der Waals surface area contributed by atoms with Crippen molar-refractivity contribution in [3.63, 3.8) is 0 Å². The third-order valence-electron chi connectivity index (χ3n) is 6.45. The number of carbonyl (C=O) groups excluding carboxylic acids is 1. The monoisotopic (exact) mass is 514 g/mol. The minimum Gasteiger partial charge on any atom is -0.466 e. The fourth-order valence-electron chi connectivity index (χ4n) is 4.37. The summed E-state index contributed by atoms with van der Waals surface area (Å²) in [6, 6.07) is 20.5. The second kappa shape index (κ2) is 15.4. The van der Waals surface area contributed by atoms with Gasteiger partial charge in [-0.2, -0.15) is 0 Å². The van der Waals surface area contributed by atoms with E-state index < -0.39 is 0 Å². The highest BCUT2D eigenvalue weighted by atomic mass is 16.5. The fraction of sp³-hybridized carbons (Fsp3) is 0.433. The first kappa shape index (κ1) is 27.2. The molecule has 0 aliphatic carbocycles. The van der Waals surface area contributed by atoms with Gasteiger partial charge in [-0.3, -0.25) is 4.79 Å². The summed E-state index contributed by atoms with van der Waals surface area (Å²) in [5, 5.41) is 17.0. The molecule has 0 aliphatic rings. The van der Waals surface area contributed by atoms with Crippen molar-refractivity contribution in [1.82, 2.24) is 30.0 Å². The summed E-state index contributed by atoms with van der Waals surface area (Å²) in [4.78, 5) is 12.0. The molecule has 4 rings (SSSR count). The zero-order valence-electron chi connectivity index (χ0n) is 22.1. The number of rotatable bonds is 17. The number of carbonyl (C=O) groups is 1. The number of esters is 1. The molecule has 38 heavy (non-hydrogen) atoms. The standard InChI is InChI=1S/C30H38N6O2/c37-30(20-12-5-11-19-29-25-36(34-32-29)23-27-16-8-4-9-17-27)38-21-13-2-1-10-18-28-24-35(33-31-28)22-26-14-6-3-7-15-26/h3-4,6-9,14-17,24-25H,1-2,5,10-13,18-23H2. The highest BCUT2D eigenvalue weighted by Gasteiger charge is 2.06. The molecule has 2 aromatic carbocycles. The van der Waals surface area contributed by atoms with Crippen LogP contribution in [0.3, 0.4) is 0 Å². The summed E-state index contributed by atoms with van der Waals surface area (Å²) < 4.78 is 9.17. The Labute approximate surface area is 225 Å². The molecule has 0 unspecified atom stereocenters. The number of hydrogen-bond acceptors (Lipinski definition) is 6. The molecule has 4 aromatic rings. The number of hydrogen-bond donors (Lipinski definition) is 0. The summed E-state index contributed by atoms with van der Waals surface area (Å²) in [6.45, 7) is 1.99. The van der Waals surface area contributed by atoms with Crippen LogP contribution in [0.2, 0.25) is 0 Å². The Balaban J connectivity index is 0.966. The second-order valence-electron chi connectivity index (χ2n) is 9.73. The Kier molecular flexibility index (Phi) is 11.1. The van der Waals surface area contributed by atoms with Crippen LogP contribution in [0.1, 0.15) is 73.9 Å². The quantitative estimate of drug-likeness (QED) is 0.138. The van der Waals surface area contributed by atoms with Crippen molar-refractivity contribution in [2.24, 2.45) is 0 Å². The largest absolute Gasteiger partial charge is 0.466 e. The van der Waals surface area contributed by atoms with E-state index >= 15 is 0 Å². The molecule has 0 N–H and O–H groups in total.